The highest BCUT2D eigenvalue weighted by Gasteiger charge is 2.25. The molecule has 3 N–H and O–H groups in total. The predicted octanol–water partition coefficient (Wildman–Crippen LogP) is 2.87. The average molecular weight is 516 g/mol. The zero-order valence-corrected chi connectivity index (χ0v) is 20.4. The summed E-state index contributed by atoms with van der Waals surface area (Å²) in [7, 11) is 3.27. The van der Waals surface area contributed by atoms with Crippen molar-refractivity contribution < 1.29 is 18.8 Å². The first-order chi connectivity index (χ1) is 15.7. The van der Waals surface area contributed by atoms with Crippen molar-refractivity contribution in [3.05, 3.63) is 64.1 Å². The van der Waals surface area contributed by atoms with Gasteiger partial charge in [0, 0.05) is 32.3 Å². The van der Waals surface area contributed by atoms with Crippen LogP contribution in [0.15, 0.2) is 51.5 Å². The van der Waals surface area contributed by atoms with E-state index in [9.17, 15) is 14.4 Å². The Bertz CT molecular complexity index is 1150. The molecule has 0 fully saturated rings. The number of nitrogens with one attached hydrogen (secondary N) is 3. The van der Waals surface area contributed by atoms with Gasteiger partial charge in [-0.15, -0.1) is 0 Å². The lowest BCUT2D eigenvalue weighted by Crippen LogP contribution is -2.48. The summed E-state index contributed by atoms with van der Waals surface area (Å²) < 4.78 is 8.02. The Kier molecular flexibility index (Phi) is 7.70. The van der Waals surface area contributed by atoms with Crippen molar-refractivity contribution in [1.82, 2.24) is 25.7 Å². The van der Waals surface area contributed by atoms with Crippen molar-refractivity contribution in [3.63, 3.8) is 0 Å². The van der Waals surface area contributed by atoms with Gasteiger partial charge in [-0.3, -0.25) is 19.1 Å². The van der Waals surface area contributed by atoms with Crippen LogP contribution in [0.4, 0.5) is 0 Å². The molecule has 9 nitrogen and oxygen atoms in total. The Hall–Kier alpha value is -3.40. The number of carbonyl (C=O) groups is 3. The second-order valence-electron chi connectivity index (χ2n) is 7.83. The molecule has 0 saturated heterocycles. The van der Waals surface area contributed by atoms with Crippen LogP contribution in [-0.2, 0) is 18.4 Å². The van der Waals surface area contributed by atoms with Crippen LogP contribution in [0.25, 0.3) is 11.3 Å². The SMILES string of the molecule is CNC(=O)C(NC(=O)c1ccc(-c2cccc(CNC(=O)c3cc(Br)n(C)n3)c2)o1)C(C)C. The molecule has 1 unspecified atom stereocenters. The fraction of sp³-hybridized carbons (Fsp3) is 0.304. The lowest BCUT2D eigenvalue weighted by atomic mass is 10.0. The number of carbonyl (C=O) groups excluding carboxylic acids is 3. The average Bonchev–Trinajstić information content (AvgIpc) is 3.42. The summed E-state index contributed by atoms with van der Waals surface area (Å²) in [5.41, 5.74) is 1.93. The molecule has 0 aliphatic rings. The highest BCUT2D eigenvalue weighted by atomic mass is 79.9. The second-order valence-corrected chi connectivity index (χ2v) is 8.64. The predicted molar refractivity (Wildman–Crippen MR) is 126 cm³/mol. The number of likely N-dealkylation sites (N-methyl/N-ethyl adjacent to an activating group) is 1. The van der Waals surface area contributed by atoms with E-state index < -0.39 is 11.9 Å². The zero-order chi connectivity index (χ0) is 24.1. The topological polar surface area (TPSA) is 118 Å². The smallest absolute Gasteiger partial charge is 0.287 e. The monoisotopic (exact) mass is 515 g/mol. The molecule has 0 aliphatic carbocycles. The van der Waals surface area contributed by atoms with Gasteiger partial charge < -0.3 is 20.4 Å². The first-order valence-electron chi connectivity index (χ1n) is 10.4. The largest absolute Gasteiger partial charge is 0.451 e. The summed E-state index contributed by atoms with van der Waals surface area (Å²) in [4.78, 5) is 36.9. The van der Waals surface area contributed by atoms with Gasteiger partial charge in [0.2, 0.25) is 5.91 Å². The van der Waals surface area contributed by atoms with Crippen molar-refractivity contribution >= 4 is 33.7 Å². The quantitative estimate of drug-likeness (QED) is 0.426. The van der Waals surface area contributed by atoms with E-state index in [2.05, 4.69) is 37.0 Å². The number of rotatable bonds is 8. The minimum Gasteiger partial charge on any atom is -0.451 e. The van der Waals surface area contributed by atoms with Gasteiger partial charge in [-0.05, 0) is 45.6 Å². The van der Waals surface area contributed by atoms with Crippen molar-refractivity contribution in [3.8, 4) is 11.3 Å². The lowest BCUT2D eigenvalue weighted by molar-refractivity contribution is -0.123. The Balaban J connectivity index is 1.67. The highest BCUT2D eigenvalue weighted by molar-refractivity contribution is 9.10. The van der Waals surface area contributed by atoms with E-state index in [1.807, 2.05) is 38.1 Å². The van der Waals surface area contributed by atoms with Crippen LogP contribution in [-0.4, -0.2) is 40.6 Å². The van der Waals surface area contributed by atoms with Crippen LogP contribution < -0.4 is 16.0 Å². The molecular weight excluding hydrogens is 490 g/mol. The number of amides is 3. The van der Waals surface area contributed by atoms with E-state index in [0.717, 1.165) is 11.1 Å². The van der Waals surface area contributed by atoms with Gasteiger partial charge in [-0.2, -0.15) is 5.10 Å². The second kappa shape index (κ2) is 10.5. The van der Waals surface area contributed by atoms with E-state index in [1.54, 1.807) is 29.9 Å². The van der Waals surface area contributed by atoms with Gasteiger partial charge in [0.1, 0.15) is 16.4 Å². The maximum absolute atomic E-state index is 12.6. The van der Waals surface area contributed by atoms with Gasteiger partial charge in [-0.1, -0.05) is 32.0 Å². The fourth-order valence-corrected chi connectivity index (χ4v) is 3.48. The third-order valence-electron chi connectivity index (χ3n) is 5.03. The van der Waals surface area contributed by atoms with Crippen LogP contribution in [0.1, 0.15) is 40.5 Å². The third-order valence-corrected chi connectivity index (χ3v) is 5.77. The maximum atomic E-state index is 12.6. The van der Waals surface area contributed by atoms with Gasteiger partial charge >= 0.3 is 0 Å². The molecule has 0 aliphatic heterocycles. The Labute approximate surface area is 200 Å². The number of nitrogens with zero attached hydrogens (tertiary/aromatic N) is 2. The van der Waals surface area contributed by atoms with Crippen LogP contribution in [0.3, 0.4) is 0 Å². The standard InChI is InChI=1S/C23H26BrN5O4/c1-13(2)20(23(32)25-3)27-22(31)18-9-8-17(33-18)15-7-5-6-14(10-15)12-26-21(30)16-11-19(24)29(4)28-16/h5-11,13,20H,12H2,1-4H3,(H,25,32)(H,26,30)(H,27,31). The Morgan fingerprint density at radius 3 is 2.52 bits per heavy atom. The number of benzene rings is 1. The van der Waals surface area contributed by atoms with E-state index in [-0.39, 0.29) is 23.5 Å². The maximum Gasteiger partial charge on any atom is 0.287 e. The summed E-state index contributed by atoms with van der Waals surface area (Å²) >= 11 is 3.32. The molecule has 0 radical (unpaired) electrons. The molecule has 3 aromatic rings. The Morgan fingerprint density at radius 1 is 1.12 bits per heavy atom. The summed E-state index contributed by atoms with van der Waals surface area (Å²) in [6.45, 7) is 4.01. The number of halogens is 1. The van der Waals surface area contributed by atoms with Crippen LogP contribution >= 0.6 is 15.9 Å². The van der Waals surface area contributed by atoms with Gasteiger partial charge in [-0.25, -0.2) is 0 Å². The molecule has 1 atom stereocenters. The fourth-order valence-electron chi connectivity index (χ4n) is 3.18. The number of hydrogen-bond donors (Lipinski definition) is 3. The first-order valence-corrected chi connectivity index (χ1v) is 11.2. The molecule has 174 valence electrons. The van der Waals surface area contributed by atoms with Crippen LogP contribution in [0.5, 0.6) is 0 Å². The van der Waals surface area contributed by atoms with Gasteiger partial charge in [0.25, 0.3) is 11.8 Å². The number of aromatic nitrogens is 2. The Morgan fingerprint density at radius 2 is 1.88 bits per heavy atom. The number of furan rings is 1. The molecule has 3 rings (SSSR count). The van der Waals surface area contributed by atoms with Crippen molar-refractivity contribution in [2.24, 2.45) is 13.0 Å². The highest BCUT2D eigenvalue weighted by Crippen LogP contribution is 2.23. The van der Waals surface area contributed by atoms with E-state index in [0.29, 0.717) is 22.6 Å². The van der Waals surface area contributed by atoms with Crippen molar-refractivity contribution in [2.45, 2.75) is 26.4 Å². The van der Waals surface area contributed by atoms with Crippen LogP contribution in [0.2, 0.25) is 0 Å². The summed E-state index contributed by atoms with van der Waals surface area (Å²) in [5.74, 6) is -0.481. The first kappa shape index (κ1) is 24.2. The minimum absolute atomic E-state index is 0.0811. The summed E-state index contributed by atoms with van der Waals surface area (Å²) in [5, 5.41) is 12.2. The molecule has 33 heavy (non-hydrogen) atoms. The van der Waals surface area contributed by atoms with E-state index in [4.69, 9.17) is 4.42 Å². The van der Waals surface area contributed by atoms with Crippen molar-refractivity contribution in [1.29, 1.82) is 0 Å². The van der Waals surface area contributed by atoms with Crippen LogP contribution in [0, 0.1) is 5.92 Å². The molecule has 10 heteroatoms. The molecule has 3 amide bonds. The van der Waals surface area contributed by atoms with Crippen molar-refractivity contribution in [2.75, 3.05) is 7.05 Å². The van der Waals surface area contributed by atoms with Gasteiger partial charge in [0.15, 0.2) is 11.5 Å². The number of aryl methyl sites for hydroxylation is 1. The molecule has 0 saturated carbocycles. The van der Waals surface area contributed by atoms with E-state index >= 15 is 0 Å². The summed E-state index contributed by atoms with van der Waals surface area (Å²) in [6.07, 6.45) is 0. The minimum atomic E-state index is -0.664. The summed E-state index contributed by atoms with van der Waals surface area (Å²) in [6, 6.07) is 11.7. The zero-order valence-electron chi connectivity index (χ0n) is 18.8. The number of hydrogen-bond acceptors (Lipinski definition) is 5. The third kappa shape index (κ3) is 5.89. The molecular formula is C23H26BrN5O4. The molecule has 2 heterocycles. The molecule has 0 bridgehead atoms. The normalized spacial score (nSPS) is 11.8. The molecule has 0 spiro atoms. The van der Waals surface area contributed by atoms with Gasteiger partial charge in [0.05, 0.1) is 0 Å². The molecule has 2 aromatic heterocycles. The molecule has 1 aromatic carbocycles. The lowest BCUT2D eigenvalue weighted by Gasteiger charge is -2.19. The van der Waals surface area contributed by atoms with E-state index in [1.165, 1.54) is 7.05 Å².